The van der Waals surface area contributed by atoms with E-state index in [1.165, 1.54) is 5.01 Å². The van der Waals surface area contributed by atoms with Gasteiger partial charge in [0.15, 0.2) is 11.5 Å². The van der Waals surface area contributed by atoms with Crippen LogP contribution in [0.5, 0.6) is 11.5 Å². The zero-order valence-corrected chi connectivity index (χ0v) is 20.9. The molecule has 1 aliphatic rings. The molecule has 5 nitrogen and oxygen atoms in total. The Balaban J connectivity index is 1.59. The van der Waals surface area contributed by atoms with Crippen LogP contribution in [0.25, 0.3) is 6.08 Å². The maximum atomic E-state index is 13.0. The minimum absolute atomic E-state index is 0.190. The van der Waals surface area contributed by atoms with Crippen LogP contribution in [0, 0.1) is 0 Å². The number of hydrazone groups is 1. The Morgan fingerprint density at radius 3 is 2.48 bits per heavy atom. The second-order valence-electron chi connectivity index (χ2n) is 7.26. The van der Waals surface area contributed by atoms with Gasteiger partial charge in [-0.1, -0.05) is 63.4 Å². The van der Waals surface area contributed by atoms with Crippen molar-refractivity contribution in [3.05, 3.63) is 91.9 Å². The molecule has 0 radical (unpaired) electrons. The first-order valence-electron chi connectivity index (χ1n) is 9.98. The maximum Gasteiger partial charge on any atom is 0.280 e. The summed E-state index contributed by atoms with van der Waals surface area (Å²) in [4.78, 5) is 13.0. The average molecular weight is 546 g/mol. The van der Waals surface area contributed by atoms with E-state index in [2.05, 4.69) is 21.0 Å². The highest BCUT2D eigenvalue weighted by molar-refractivity contribution is 9.10. The van der Waals surface area contributed by atoms with E-state index in [0.717, 1.165) is 15.6 Å². The minimum atomic E-state index is -0.190. The van der Waals surface area contributed by atoms with Gasteiger partial charge in [-0.25, -0.2) is 0 Å². The Hall–Kier alpha value is -2.80. The second kappa shape index (κ2) is 10.00. The normalized spacial score (nSPS) is 14.6. The van der Waals surface area contributed by atoms with Crippen LogP contribution in [0.4, 0.5) is 5.69 Å². The summed E-state index contributed by atoms with van der Waals surface area (Å²) in [7, 11) is 1.57. The molecule has 0 atom stereocenters. The molecule has 1 aliphatic heterocycles. The summed E-state index contributed by atoms with van der Waals surface area (Å²) in [5.74, 6) is 0.890. The first-order valence-corrected chi connectivity index (χ1v) is 11.5. The zero-order chi connectivity index (χ0) is 23.5. The highest BCUT2D eigenvalue weighted by Gasteiger charge is 2.29. The molecule has 4 rings (SSSR count). The van der Waals surface area contributed by atoms with E-state index < -0.39 is 0 Å². The van der Waals surface area contributed by atoms with Crippen molar-refractivity contribution < 1.29 is 14.3 Å². The Labute approximate surface area is 210 Å². The van der Waals surface area contributed by atoms with E-state index in [9.17, 15) is 4.79 Å². The number of ether oxygens (including phenoxy) is 2. The van der Waals surface area contributed by atoms with Gasteiger partial charge in [-0.3, -0.25) is 4.79 Å². The average Bonchev–Trinajstić information content (AvgIpc) is 3.10. The zero-order valence-electron chi connectivity index (χ0n) is 17.8. The Kier molecular flexibility index (Phi) is 7.08. The van der Waals surface area contributed by atoms with Crippen LogP contribution >= 0.6 is 39.1 Å². The molecule has 1 amide bonds. The molecule has 0 fully saturated rings. The molecule has 3 aromatic carbocycles. The lowest BCUT2D eigenvalue weighted by Crippen LogP contribution is -2.21. The number of methoxy groups -OCH3 is 1. The largest absolute Gasteiger partial charge is 0.493 e. The van der Waals surface area contributed by atoms with Crippen molar-refractivity contribution in [3.63, 3.8) is 0 Å². The van der Waals surface area contributed by atoms with Crippen LogP contribution in [0.1, 0.15) is 18.1 Å². The van der Waals surface area contributed by atoms with Gasteiger partial charge < -0.3 is 9.47 Å². The third-order valence-corrected chi connectivity index (χ3v) is 6.45. The number of anilines is 1. The van der Waals surface area contributed by atoms with Crippen molar-refractivity contribution in [2.75, 3.05) is 12.1 Å². The van der Waals surface area contributed by atoms with E-state index in [1.807, 2.05) is 55.5 Å². The van der Waals surface area contributed by atoms with Crippen molar-refractivity contribution in [1.82, 2.24) is 0 Å². The molecule has 0 bridgehead atoms. The van der Waals surface area contributed by atoms with E-state index in [0.29, 0.717) is 38.5 Å². The molecule has 0 saturated heterocycles. The molecule has 3 aromatic rings. The minimum Gasteiger partial charge on any atom is -0.493 e. The fourth-order valence-electron chi connectivity index (χ4n) is 3.31. The predicted molar refractivity (Wildman–Crippen MR) is 137 cm³/mol. The summed E-state index contributed by atoms with van der Waals surface area (Å²) in [6, 6.07) is 18.3. The van der Waals surface area contributed by atoms with E-state index in [-0.39, 0.29) is 12.5 Å². The molecule has 0 N–H and O–H groups in total. The van der Waals surface area contributed by atoms with Crippen molar-refractivity contribution in [3.8, 4) is 11.5 Å². The number of hydrogen-bond acceptors (Lipinski definition) is 4. The Morgan fingerprint density at radius 2 is 1.79 bits per heavy atom. The monoisotopic (exact) mass is 544 g/mol. The molecule has 0 spiro atoms. The summed E-state index contributed by atoms with van der Waals surface area (Å²) in [5.41, 5.74) is 3.49. The summed E-state index contributed by atoms with van der Waals surface area (Å²) in [6.07, 6.45) is 1.79. The maximum absolute atomic E-state index is 13.0. The molecule has 8 heteroatoms. The topological polar surface area (TPSA) is 51.1 Å². The Morgan fingerprint density at radius 1 is 1.03 bits per heavy atom. The predicted octanol–water partition coefficient (Wildman–Crippen LogP) is 7.15. The van der Waals surface area contributed by atoms with Gasteiger partial charge in [-0.2, -0.15) is 10.1 Å². The number of benzene rings is 3. The van der Waals surface area contributed by atoms with Gasteiger partial charge in [0.25, 0.3) is 5.91 Å². The molecule has 0 saturated carbocycles. The third kappa shape index (κ3) is 5.08. The number of carbonyl (C=O) groups excluding carboxylic acids is 1. The molecular formula is C25H19BrCl2N2O3. The lowest BCUT2D eigenvalue weighted by atomic mass is 10.1. The molecule has 1 heterocycles. The number of carbonyl (C=O) groups is 1. The molecule has 33 heavy (non-hydrogen) atoms. The first kappa shape index (κ1) is 23.4. The highest BCUT2D eigenvalue weighted by atomic mass is 79.9. The Bertz CT molecular complexity index is 1280. The third-order valence-electron chi connectivity index (χ3n) is 5.02. The van der Waals surface area contributed by atoms with Gasteiger partial charge in [-0.15, -0.1) is 0 Å². The van der Waals surface area contributed by atoms with E-state index >= 15 is 0 Å². The first-order chi connectivity index (χ1) is 15.9. The number of hydrogen-bond donors (Lipinski definition) is 0. The number of nitrogens with zero attached hydrogens (tertiary/aromatic N) is 2. The molecule has 0 unspecified atom stereocenters. The molecular weight excluding hydrogens is 527 g/mol. The molecule has 168 valence electrons. The highest BCUT2D eigenvalue weighted by Crippen LogP contribution is 2.36. The quantitative estimate of drug-likeness (QED) is 0.309. The summed E-state index contributed by atoms with van der Waals surface area (Å²) in [6.45, 7) is 2.10. The van der Waals surface area contributed by atoms with Gasteiger partial charge >= 0.3 is 0 Å². The fourth-order valence-corrected chi connectivity index (χ4v) is 4.07. The number of halogens is 3. The van der Waals surface area contributed by atoms with Crippen LogP contribution in [0.2, 0.25) is 10.0 Å². The van der Waals surface area contributed by atoms with Crippen LogP contribution in [0.15, 0.2) is 75.8 Å². The number of amides is 1. The number of rotatable bonds is 6. The van der Waals surface area contributed by atoms with E-state index in [4.69, 9.17) is 32.7 Å². The van der Waals surface area contributed by atoms with Crippen molar-refractivity contribution in [1.29, 1.82) is 0 Å². The van der Waals surface area contributed by atoms with Crippen LogP contribution < -0.4 is 14.5 Å². The van der Waals surface area contributed by atoms with E-state index in [1.54, 1.807) is 25.3 Å². The fraction of sp³-hybridized carbons (Fsp3) is 0.120. The SMILES string of the molecule is COc1cc(/C=C2/C(=O)N(c3ccccc3)N=C2C)c(Br)cc1OCc1ccc(Cl)c(Cl)c1. The van der Waals surface area contributed by atoms with Gasteiger partial charge in [-0.05, 0) is 60.5 Å². The van der Waals surface area contributed by atoms with Gasteiger partial charge in [0.05, 0.1) is 34.1 Å². The summed E-state index contributed by atoms with van der Waals surface area (Å²) in [5, 5.41) is 6.79. The van der Waals surface area contributed by atoms with Crippen molar-refractivity contribution in [2.24, 2.45) is 5.10 Å². The van der Waals surface area contributed by atoms with Crippen molar-refractivity contribution >= 4 is 62.5 Å². The summed E-state index contributed by atoms with van der Waals surface area (Å²) < 4.78 is 12.2. The summed E-state index contributed by atoms with van der Waals surface area (Å²) >= 11 is 15.6. The standard InChI is InChI=1S/C25H19BrCl2N2O3/c1-15-19(25(31)30(29-15)18-6-4-3-5-7-18)11-17-12-23(32-2)24(13-20(17)26)33-14-16-8-9-21(27)22(28)10-16/h3-13H,14H2,1-2H3/b19-11+. The van der Waals surface area contributed by atoms with Crippen LogP contribution in [-0.2, 0) is 11.4 Å². The van der Waals surface area contributed by atoms with Gasteiger partial charge in [0, 0.05) is 4.47 Å². The smallest absolute Gasteiger partial charge is 0.280 e. The lowest BCUT2D eigenvalue weighted by molar-refractivity contribution is -0.114. The van der Waals surface area contributed by atoms with Gasteiger partial charge in [0.1, 0.15) is 6.61 Å². The molecule has 0 aromatic heterocycles. The van der Waals surface area contributed by atoms with Crippen molar-refractivity contribution in [2.45, 2.75) is 13.5 Å². The number of para-hydroxylation sites is 1. The van der Waals surface area contributed by atoms with Gasteiger partial charge in [0.2, 0.25) is 0 Å². The van der Waals surface area contributed by atoms with Crippen LogP contribution in [-0.4, -0.2) is 18.7 Å². The van der Waals surface area contributed by atoms with Crippen LogP contribution in [0.3, 0.4) is 0 Å². The lowest BCUT2D eigenvalue weighted by Gasteiger charge is -2.14. The molecule has 0 aliphatic carbocycles. The second-order valence-corrected chi connectivity index (χ2v) is 8.93.